The molecule has 3 rings (SSSR count). The van der Waals surface area contributed by atoms with E-state index in [1.54, 1.807) is 0 Å². The SMILES string of the molecule is CC(C)=C[C@@H]1[C@@H](C(=O)NCCc2n[nH]c(=S)n2C2CC2)C1(C)C. The van der Waals surface area contributed by atoms with Gasteiger partial charge in [0.1, 0.15) is 5.82 Å². The van der Waals surface area contributed by atoms with Gasteiger partial charge in [0, 0.05) is 19.0 Å². The van der Waals surface area contributed by atoms with E-state index < -0.39 is 0 Å². The van der Waals surface area contributed by atoms with Crippen LogP contribution in [0, 0.1) is 22.0 Å². The third kappa shape index (κ3) is 3.27. The van der Waals surface area contributed by atoms with Crippen LogP contribution < -0.4 is 5.32 Å². The minimum Gasteiger partial charge on any atom is -0.355 e. The first-order valence-electron chi connectivity index (χ1n) is 8.41. The lowest BCUT2D eigenvalue weighted by Crippen LogP contribution is -2.29. The number of allylic oxidation sites excluding steroid dienone is 2. The van der Waals surface area contributed by atoms with Gasteiger partial charge in [-0.05, 0) is 50.2 Å². The molecule has 6 heteroatoms. The average Bonchev–Trinajstić information content (AvgIpc) is 3.32. The maximum absolute atomic E-state index is 12.4. The summed E-state index contributed by atoms with van der Waals surface area (Å²) in [5, 5.41) is 10.2. The topological polar surface area (TPSA) is 62.7 Å². The van der Waals surface area contributed by atoms with E-state index in [0.717, 1.165) is 12.2 Å². The molecule has 0 radical (unpaired) electrons. The van der Waals surface area contributed by atoms with E-state index >= 15 is 0 Å². The molecule has 0 aliphatic heterocycles. The first-order chi connectivity index (χ1) is 10.8. The maximum Gasteiger partial charge on any atom is 0.224 e. The zero-order valence-electron chi connectivity index (χ0n) is 14.3. The fourth-order valence-corrected chi connectivity index (χ4v) is 3.78. The number of nitrogens with zero attached hydrogens (tertiary/aromatic N) is 2. The number of H-pyrrole nitrogens is 1. The van der Waals surface area contributed by atoms with Gasteiger partial charge in [-0.25, -0.2) is 0 Å². The van der Waals surface area contributed by atoms with Gasteiger partial charge in [0.15, 0.2) is 4.77 Å². The van der Waals surface area contributed by atoms with Crippen LogP contribution in [0.5, 0.6) is 0 Å². The van der Waals surface area contributed by atoms with Gasteiger partial charge in [-0.15, -0.1) is 0 Å². The second kappa shape index (κ2) is 5.89. The molecule has 5 nitrogen and oxygen atoms in total. The molecule has 1 heterocycles. The molecule has 2 aliphatic carbocycles. The van der Waals surface area contributed by atoms with Crippen molar-refractivity contribution < 1.29 is 4.79 Å². The Morgan fingerprint density at radius 2 is 2.17 bits per heavy atom. The molecule has 0 bridgehead atoms. The highest BCUT2D eigenvalue weighted by Crippen LogP contribution is 2.59. The van der Waals surface area contributed by atoms with Crippen LogP contribution in [0.15, 0.2) is 11.6 Å². The summed E-state index contributed by atoms with van der Waals surface area (Å²) in [6, 6.07) is 0.511. The van der Waals surface area contributed by atoms with Gasteiger partial charge >= 0.3 is 0 Å². The van der Waals surface area contributed by atoms with Gasteiger partial charge in [0.05, 0.1) is 5.92 Å². The number of rotatable bonds is 6. The van der Waals surface area contributed by atoms with Crippen molar-refractivity contribution in [3.63, 3.8) is 0 Å². The number of aromatic nitrogens is 3. The van der Waals surface area contributed by atoms with E-state index in [9.17, 15) is 4.79 Å². The number of hydrogen-bond donors (Lipinski definition) is 2. The molecule has 0 spiro atoms. The molecule has 2 fully saturated rings. The maximum atomic E-state index is 12.4. The Bertz CT molecular complexity index is 692. The molecule has 2 aliphatic rings. The van der Waals surface area contributed by atoms with Gasteiger partial charge in [-0.3, -0.25) is 9.89 Å². The summed E-state index contributed by atoms with van der Waals surface area (Å²) >= 11 is 5.28. The molecule has 1 amide bonds. The van der Waals surface area contributed by atoms with Crippen LogP contribution >= 0.6 is 12.2 Å². The molecule has 0 unspecified atom stereocenters. The Morgan fingerprint density at radius 3 is 2.78 bits per heavy atom. The van der Waals surface area contributed by atoms with Gasteiger partial charge in [0.25, 0.3) is 0 Å². The Labute approximate surface area is 142 Å². The van der Waals surface area contributed by atoms with E-state index in [1.807, 2.05) is 0 Å². The van der Waals surface area contributed by atoms with Crippen LogP contribution in [-0.2, 0) is 11.2 Å². The monoisotopic (exact) mass is 334 g/mol. The van der Waals surface area contributed by atoms with Crippen LogP contribution in [0.25, 0.3) is 0 Å². The first-order valence-corrected chi connectivity index (χ1v) is 8.81. The van der Waals surface area contributed by atoms with Crippen molar-refractivity contribution in [2.24, 2.45) is 17.3 Å². The van der Waals surface area contributed by atoms with Crippen molar-refractivity contribution in [1.82, 2.24) is 20.1 Å². The van der Waals surface area contributed by atoms with Crippen molar-refractivity contribution in [1.29, 1.82) is 0 Å². The number of carbonyl (C=O) groups excluding carboxylic acids is 1. The highest BCUT2D eigenvalue weighted by molar-refractivity contribution is 7.71. The normalized spacial score (nSPS) is 25.0. The van der Waals surface area contributed by atoms with Crippen molar-refractivity contribution >= 4 is 18.1 Å². The Hall–Kier alpha value is -1.43. The molecule has 126 valence electrons. The highest BCUT2D eigenvalue weighted by Gasteiger charge is 2.60. The number of hydrogen-bond acceptors (Lipinski definition) is 3. The van der Waals surface area contributed by atoms with Crippen LogP contribution in [0.4, 0.5) is 0 Å². The van der Waals surface area contributed by atoms with Gasteiger partial charge in [0.2, 0.25) is 5.91 Å². The van der Waals surface area contributed by atoms with Crippen molar-refractivity contribution in [3.05, 3.63) is 22.2 Å². The predicted molar refractivity (Wildman–Crippen MR) is 92.6 cm³/mol. The Kier molecular flexibility index (Phi) is 4.21. The molecule has 1 aromatic rings. The molecular formula is C17H26N4OS. The lowest BCUT2D eigenvalue weighted by molar-refractivity contribution is -0.123. The molecule has 2 N–H and O–H groups in total. The zero-order valence-corrected chi connectivity index (χ0v) is 15.2. The molecule has 1 aromatic heterocycles. The number of amides is 1. The molecule has 23 heavy (non-hydrogen) atoms. The average molecular weight is 334 g/mol. The summed E-state index contributed by atoms with van der Waals surface area (Å²) < 4.78 is 2.80. The van der Waals surface area contributed by atoms with Crippen molar-refractivity contribution in [2.75, 3.05) is 6.54 Å². The second-order valence-electron chi connectivity index (χ2n) is 7.66. The fourth-order valence-electron chi connectivity index (χ4n) is 3.48. The minimum absolute atomic E-state index is 0.0649. The van der Waals surface area contributed by atoms with Crippen molar-refractivity contribution in [3.8, 4) is 0 Å². The summed E-state index contributed by atoms with van der Waals surface area (Å²) in [5.74, 6) is 1.55. The third-order valence-electron chi connectivity index (χ3n) is 5.04. The summed E-state index contributed by atoms with van der Waals surface area (Å²) in [6.07, 6.45) is 5.29. The quantitative estimate of drug-likeness (QED) is 0.620. The van der Waals surface area contributed by atoms with Crippen molar-refractivity contribution in [2.45, 2.75) is 53.0 Å². The first kappa shape index (κ1) is 16.4. The van der Waals surface area contributed by atoms with Gasteiger partial charge in [-0.1, -0.05) is 25.5 Å². The van der Waals surface area contributed by atoms with Crippen LogP contribution in [-0.4, -0.2) is 27.2 Å². The van der Waals surface area contributed by atoms with Crippen LogP contribution in [0.1, 0.15) is 52.4 Å². The number of carbonyl (C=O) groups is 1. The molecule has 0 aromatic carbocycles. The van der Waals surface area contributed by atoms with Crippen LogP contribution in [0.3, 0.4) is 0 Å². The zero-order chi connectivity index (χ0) is 16.8. The number of aromatic amines is 1. The van der Waals surface area contributed by atoms with Crippen LogP contribution in [0.2, 0.25) is 0 Å². The van der Waals surface area contributed by atoms with Gasteiger partial charge < -0.3 is 9.88 Å². The van der Waals surface area contributed by atoms with E-state index in [0.29, 0.717) is 23.3 Å². The molecular weight excluding hydrogens is 308 g/mol. The van der Waals surface area contributed by atoms with E-state index in [2.05, 4.69) is 53.9 Å². The standard InChI is InChI=1S/C17H26N4OS/c1-10(2)9-12-14(17(12,3)4)15(22)18-8-7-13-19-20-16(23)21(13)11-5-6-11/h9,11-12,14H,5-8H2,1-4H3,(H,18,22)(H,20,23)/t12-,14+/m1/s1. The number of nitrogens with one attached hydrogen (secondary N) is 2. The third-order valence-corrected chi connectivity index (χ3v) is 5.33. The predicted octanol–water partition coefficient (Wildman–Crippen LogP) is 3.17. The lowest BCUT2D eigenvalue weighted by atomic mass is 10.1. The second-order valence-corrected chi connectivity index (χ2v) is 8.04. The van der Waals surface area contributed by atoms with E-state index in [-0.39, 0.29) is 17.2 Å². The fraction of sp³-hybridized carbons (Fsp3) is 0.706. The minimum atomic E-state index is 0.0649. The summed E-state index contributed by atoms with van der Waals surface area (Å²) in [4.78, 5) is 12.4. The summed E-state index contributed by atoms with van der Waals surface area (Å²) in [7, 11) is 0. The smallest absolute Gasteiger partial charge is 0.224 e. The largest absolute Gasteiger partial charge is 0.355 e. The molecule has 2 atom stereocenters. The molecule has 2 saturated carbocycles. The highest BCUT2D eigenvalue weighted by atomic mass is 32.1. The molecule has 0 saturated heterocycles. The Morgan fingerprint density at radius 1 is 1.48 bits per heavy atom. The van der Waals surface area contributed by atoms with E-state index in [1.165, 1.54) is 18.4 Å². The van der Waals surface area contributed by atoms with Gasteiger partial charge in [-0.2, -0.15) is 5.10 Å². The summed E-state index contributed by atoms with van der Waals surface area (Å²) in [5.41, 5.74) is 1.34. The summed E-state index contributed by atoms with van der Waals surface area (Å²) in [6.45, 7) is 9.12. The lowest BCUT2D eigenvalue weighted by Gasteiger charge is -2.07. The van der Waals surface area contributed by atoms with E-state index in [4.69, 9.17) is 12.2 Å². The Balaban J connectivity index is 1.55.